The fourth-order valence-electron chi connectivity index (χ4n) is 2.18. The molecule has 0 bridgehead atoms. The summed E-state index contributed by atoms with van der Waals surface area (Å²) in [5, 5.41) is 2.84. The number of rotatable bonds is 3. The Bertz CT molecular complexity index is 463. The van der Waals surface area contributed by atoms with Crippen molar-refractivity contribution in [3.63, 3.8) is 0 Å². The zero-order chi connectivity index (χ0) is 13.8. The van der Waals surface area contributed by atoms with Crippen molar-refractivity contribution < 1.29 is 9.18 Å². The minimum absolute atomic E-state index is 0.00354. The lowest BCUT2D eigenvalue weighted by atomic mass is 10.1. The van der Waals surface area contributed by atoms with E-state index >= 15 is 0 Å². The number of pyridine rings is 1. The first kappa shape index (κ1) is 14.2. The third kappa shape index (κ3) is 3.65. The molecule has 104 valence electrons. The van der Waals surface area contributed by atoms with Crippen LogP contribution in [0, 0.1) is 5.82 Å². The number of carbonyl (C=O) groups is 1. The molecule has 1 aliphatic rings. The topological polar surface area (TPSA) is 45.2 Å². The van der Waals surface area contributed by atoms with Crippen LogP contribution in [0.15, 0.2) is 16.7 Å². The van der Waals surface area contributed by atoms with Gasteiger partial charge in [0.1, 0.15) is 6.04 Å². The van der Waals surface area contributed by atoms with Gasteiger partial charge in [-0.1, -0.05) is 0 Å². The van der Waals surface area contributed by atoms with Crippen LogP contribution in [0.4, 0.5) is 10.2 Å². The first-order valence-corrected chi connectivity index (χ1v) is 7.23. The molecule has 1 fully saturated rings. The minimum atomic E-state index is -0.471. The second kappa shape index (κ2) is 6.32. The highest BCUT2D eigenvalue weighted by atomic mass is 79.9. The van der Waals surface area contributed by atoms with Crippen LogP contribution >= 0.6 is 15.9 Å². The summed E-state index contributed by atoms with van der Waals surface area (Å²) < 4.78 is 14.2. The van der Waals surface area contributed by atoms with E-state index in [0.29, 0.717) is 4.47 Å². The van der Waals surface area contributed by atoms with Gasteiger partial charge in [0.2, 0.25) is 5.91 Å². The molecule has 2 heterocycles. The molecule has 1 aromatic rings. The van der Waals surface area contributed by atoms with E-state index in [4.69, 9.17) is 0 Å². The molecule has 1 N–H and O–H groups in total. The van der Waals surface area contributed by atoms with Gasteiger partial charge < -0.3 is 10.2 Å². The predicted octanol–water partition coefficient (Wildman–Crippen LogP) is 2.80. The number of piperidine rings is 1. The molecule has 1 atom stereocenters. The van der Waals surface area contributed by atoms with Gasteiger partial charge in [-0.3, -0.25) is 4.79 Å². The van der Waals surface area contributed by atoms with Crippen molar-refractivity contribution in [1.29, 1.82) is 0 Å². The van der Waals surface area contributed by atoms with Gasteiger partial charge in [0.25, 0.3) is 0 Å². The summed E-state index contributed by atoms with van der Waals surface area (Å²) in [6, 6.07) is 0.856. The first-order valence-electron chi connectivity index (χ1n) is 6.44. The molecular formula is C13H17BrFN3O. The maximum Gasteiger partial charge on any atom is 0.244 e. The molecule has 1 aliphatic heterocycles. The lowest BCUT2D eigenvalue weighted by molar-refractivity contribution is -0.132. The highest BCUT2D eigenvalue weighted by molar-refractivity contribution is 9.10. The quantitative estimate of drug-likeness (QED) is 0.927. The normalized spacial score (nSPS) is 17.1. The summed E-state index contributed by atoms with van der Waals surface area (Å²) in [5.41, 5.74) is 0. The third-order valence-corrected chi connectivity index (χ3v) is 3.63. The molecule has 6 heteroatoms. The summed E-state index contributed by atoms with van der Waals surface area (Å²) in [6.07, 6.45) is 4.77. The molecule has 0 radical (unpaired) electrons. The number of halogens is 2. The Kier molecular flexibility index (Phi) is 4.74. The van der Waals surface area contributed by atoms with E-state index in [0.717, 1.165) is 25.9 Å². The number of amides is 1. The first-order chi connectivity index (χ1) is 9.08. The zero-order valence-corrected chi connectivity index (χ0v) is 12.4. The van der Waals surface area contributed by atoms with E-state index < -0.39 is 11.9 Å². The molecule has 1 saturated heterocycles. The highest BCUT2D eigenvalue weighted by Crippen LogP contribution is 2.18. The number of anilines is 1. The van der Waals surface area contributed by atoms with Crippen molar-refractivity contribution in [3.8, 4) is 0 Å². The van der Waals surface area contributed by atoms with Gasteiger partial charge in [-0.25, -0.2) is 9.37 Å². The Hall–Kier alpha value is -1.17. The smallest absolute Gasteiger partial charge is 0.244 e. The molecule has 1 aromatic heterocycles. The van der Waals surface area contributed by atoms with Crippen molar-refractivity contribution in [2.24, 2.45) is 0 Å². The second-order valence-corrected chi connectivity index (χ2v) is 5.65. The van der Waals surface area contributed by atoms with Crippen LogP contribution in [0.2, 0.25) is 0 Å². The monoisotopic (exact) mass is 329 g/mol. The van der Waals surface area contributed by atoms with Crippen LogP contribution in [0.5, 0.6) is 0 Å². The van der Waals surface area contributed by atoms with Gasteiger partial charge in [0, 0.05) is 23.8 Å². The lowest BCUT2D eigenvalue weighted by Crippen LogP contribution is -2.44. The van der Waals surface area contributed by atoms with E-state index in [9.17, 15) is 9.18 Å². The molecule has 1 amide bonds. The van der Waals surface area contributed by atoms with E-state index in [1.165, 1.54) is 18.7 Å². The number of likely N-dealkylation sites (tertiary alicyclic amines) is 1. The predicted molar refractivity (Wildman–Crippen MR) is 75.4 cm³/mol. The Morgan fingerprint density at radius 2 is 2.16 bits per heavy atom. The van der Waals surface area contributed by atoms with Crippen LogP contribution in [0.25, 0.3) is 0 Å². The van der Waals surface area contributed by atoms with E-state index in [2.05, 4.69) is 26.2 Å². The third-order valence-electron chi connectivity index (χ3n) is 3.20. The van der Waals surface area contributed by atoms with Crippen molar-refractivity contribution in [2.45, 2.75) is 32.2 Å². The van der Waals surface area contributed by atoms with Crippen LogP contribution in [0.3, 0.4) is 0 Å². The van der Waals surface area contributed by atoms with E-state index in [1.54, 1.807) is 6.92 Å². The number of nitrogens with one attached hydrogen (secondary N) is 1. The lowest BCUT2D eigenvalue weighted by Gasteiger charge is -2.29. The number of nitrogens with zero attached hydrogens (tertiary/aromatic N) is 2. The van der Waals surface area contributed by atoms with Gasteiger partial charge in [0.15, 0.2) is 11.6 Å². The molecule has 19 heavy (non-hydrogen) atoms. The average Bonchev–Trinajstić information content (AvgIpc) is 2.42. The molecule has 0 saturated carbocycles. The van der Waals surface area contributed by atoms with Gasteiger partial charge in [-0.2, -0.15) is 0 Å². The van der Waals surface area contributed by atoms with Gasteiger partial charge in [0.05, 0.1) is 0 Å². The van der Waals surface area contributed by atoms with Crippen LogP contribution < -0.4 is 5.32 Å². The SMILES string of the molecule is CC(Nc1ncc(Br)cc1F)C(=O)N1CCCCC1. The number of hydrogen-bond acceptors (Lipinski definition) is 3. The summed E-state index contributed by atoms with van der Waals surface area (Å²) in [5.74, 6) is -0.349. The van der Waals surface area contributed by atoms with Crippen LogP contribution in [-0.2, 0) is 4.79 Å². The van der Waals surface area contributed by atoms with Gasteiger partial charge in [-0.05, 0) is 48.2 Å². The van der Waals surface area contributed by atoms with Gasteiger partial charge >= 0.3 is 0 Å². The largest absolute Gasteiger partial charge is 0.356 e. The molecule has 1 unspecified atom stereocenters. The number of hydrogen-bond donors (Lipinski definition) is 1. The molecular weight excluding hydrogens is 313 g/mol. The fourth-order valence-corrected chi connectivity index (χ4v) is 2.48. The van der Waals surface area contributed by atoms with Crippen molar-refractivity contribution in [1.82, 2.24) is 9.88 Å². The maximum atomic E-state index is 13.6. The van der Waals surface area contributed by atoms with Crippen molar-refractivity contribution >= 4 is 27.7 Å². The molecule has 4 nitrogen and oxygen atoms in total. The van der Waals surface area contributed by atoms with Crippen molar-refractivity contribution in [2.75, 3.05) is 18.4 Å². The van der Waals surface area contributed by atoms with Crippen LogP contribution in [0.1, 0.15) is 26.2 Å². The fraction of sp³-hybridized carbons (Fsp3) is 0.538. The summed E-state index contributed by atoms with van der Waals surface area (Å²) >= 11 is 3.15. The Labute approximate surface area is 120 Å². The molecule has 0 aromatic carbocycles. The van der Waals surface area contributed by atoms with E-state index in [-0.39, 0.29) is 11.7 Å². The number of aromatic nitrogens is 1. The molecule has 0 aliphatic carbocycles. The summed E-state index contributed by atoms with van der Waals surface area (Å²) in [4.78, 5) is 18.0. The van der Waals surface area contributed by atoms with Gasteiger partial charge in [-0.15, -0.1) is 0 Å². The molecule has 2 rings (SSSR count). The average molecular weight is 330 g/mol. The molecule has 0 spiro atoms. The number of carbonyl (C=O) groups excluding carboxylic acids is 1. The highest BCUT2D eigenvalue weighted by Gasteiger charge is 2.22. The van der Waals surface area contributed by atoms with Crippen LogP contribution in [-0.4, -0.2) is 34.9 Å². The van der Waals surface area contributed by atoms with Crippen molar-refractivity contribution in [3.05, 3.63) is 22.6 Å². The minimum Gasteiger partial charge on any atom is -0.356 e. The summed E-state index contributed by atoms with van der Waals surface area (Å²) in [7, 11) is 0. The second-order valence-electron chi connectivity index (χ2n) is 4.74. The zero-order valence-electron chi connectivity index (χ0n) is 10.8. The standard InChI is InChI=1S/C13H17BrFN3O/c1-9(13(19)18-5-3-2-4-6-18)17-12-11(15)7-10(14)8-16-12/h7-9H,2-6H2,1H3,(H,16,17). The maximum absolute atomic E-state index is 13.6. The Balaban J connectivity index is 1.99. The van der Waals surface area contributed by atoms with E-state index in [1.807, 2.05) is 4.90 Å². The Morgan fingerprint density at radius 3 is 2.79 bits per heavy atom. The summed E-state index contributed by atoms with van der Waals surface area (Å²) in [6.45, 7) is 3.32. The Morgan fingerprint density at radius 1 is 1.47 bits per heavy atom.